The van der Waals surface area contributed by atoms with Gasteiger partial charge in [-0.25, -0.2) is 0 Å². The van der Waals surface area contributed by atoms with Crippen molar-refractivity contribution < 1.29 is 28.7 Å². The molecule has 0 bridgehead atoms. The maximum atomic E-state index is 13.2. The van der Waals surface area contributed by atoms with Gasteiger partial charge in [-0.15, -0.1) is 0 Å². The number of carbonyl (C=O) groups is 2. The number of carbonyl (C=O) groups excluding carboxylic acids is 2. The highest BCUT2D eigenvalue weighted by molar-refractivity contribution is 6.14. The van der Waals surface area contributed by atoms with Crippen molar-refractivity contribution in [2.24, 2.45) is 0 Å². The number of benzene rings is 1. The van der Waals surface area contributed by atoms with Crippen LogP contribution in [0.15, 0.2) is 52.1 Å². The quantitative estimate of drug-likeness (QED) is 0.579. The summed E-state index contributed by atoms with van der Waals surface area (Å²) in [6, 6.07) is 9.71. The van der Waals surface area contributed by atoms with Crippen molar-refractivity contribution in [1.82, 2.24) is 4.90 Å². The van der Waals surface area contributed by atoms with Gasteiger partial charge in [-0.1, -0.05) is 19.1 Å². The number of quaternary nitrogens is 1. The number of nitrogens with zero attached hydrogens (tertiary/aromatic N) is 1. The van der Waals surface area contributed by atoms with Gasteiger partial charge in [0.2, 0.25) is 11.7 Å². The fourth-order valence-corrected chi connectivity index (χ4v) is 3.73. The Morgan fingerprint density at radius 2 is 2.03 bits per heavy atom. The highest BCUT2D eigenvalue weighted by Gasteiger charge is 2.40. The Kier molecular flexibility index (Phi) is 7.17. The zero-order chi connectivity index (χ0) is 22.5. The zero-order valence-electron chi connectivity index (χ0n) is 18.6. The van der Waals surface area contributed by atoms with Crippen LogP contribution in [0.4, 0.5) is 0 Å². The number of rotatable bonds is 10. The Labute approximate surface area is 182 Å². The molecular formula is C24H30N2O5. The number of Topliss-reactive ketones (excluding diaryl/α,β-unsaturated/α-hetero) is 1. The van der Waals surface area contributed by atoms with Crippen LogP contribution < -0.4 is 14.7 Å². The van der Waals surface area contributed by atoms with Crippen LogP contribution in [0.5, 0.6) is 5.75 Å². The van der Waals surface area contributed by atoms with Gasteiger partial charge in [0.15, 0.2) is 5.76 Å². The smallest absolute Gasteiger partial charge is 0.239 e. The standard InChI is InChI=1S/C24H30N2O5/c1-5-14-30-18-9-6-8-17(15-18)21-20(22(27)19-11-10-16(2)31-19)23(28)24(29)26(21)13-7-12-25(3)4/h6,8-11,15,21,28H,5,7,12-14H2,1-4H3. The van der Waals surface area contributed by atoms with Gasteiger partial charge < -0.3 is 24.1 Å². The summed E-state index contributed by atoms with van der Waals surface area (Å²) in [7, 11) is 4.06. The lowest BCUT2D eigenvalue weighted by Crippen LogP contribution is -3.05. The van der Waals surface area contributed by atoms with E-state index in [1.165, 1.54) is 9.80 Å². The first kappa shape index (κ1) is 22.6. The van der Waals surface area contributed by atoms with Crippen LogP contribution in [0.25, 0.3) is 0 Å². The fourth-order valence-electron chi connectivity index (χ4n) is 3.73. The zero-order valence-corrected chi connectivity index (χ0v) is 18.6. The van der Waals surface area contributed by atoms with Crippen LogP contribution >= 0.6 is 0 Å². The third-order valence-corrected chi connectivity index (χ3v) is 5.22. The SMILES string of the molecule is CCCOc1cccc(C2C(C(=O)c3ccc(C)o3)=C([O-])C(=O)N2CCC[NH+](C)C)c1. The van der Waals surface area contributed by atoms with Crippen molar-refractivity contribution >= 4 is 11.7 Å². The number of aryl methyl sites for hydroxylation is 1. The van der Waals surface area contributed by atoms with Crippen LogP contribution in [0.3, 0.4) is 0 Å². The number of furan rings is 1. The lowest BCUT2D eigenvalue weighted by atomic mass is 9.95. The number of ketones is 1. The van der Waals surface area contributed by atoms with E-state index in [0.717, 1.165) is 13.0 Å². The molecule has 166 valence electrons. The Balaban J connectivity index is 2.00. The first-order valence-electron chi connectivity index (χ1n) is 10.7. The van der Waals surface area contributed by atoms with Gasteiger partial charge in [0, 0.05) is 18.5 Å². The van der Waals surface area contributed by atoms with Gasteiger partial charge in [-0.3, -0.25) is 9.59 Å². The molecule has 2 aromatic rings. The van der Waals surface area contributed by atoms with Crippen molar-refractivity contribution in [3.63, 3.8) is 0 Å². The summed E-state index contributed by atoms with van der Waals surface area (Å²) in [6.07, 6.45) is 1.57. The number of nitrogens with one attached hydrogen (secondary N) is 1. The van der Waals surface area contributed by atoms with E-state index >= 15 is 0 Å². The summed E-state index contributed by atoms with van der Waals surface area (Å²) >= 11 is 0. The molecular weight excluding hydrogens is 396 g/mol. The molecule has 0 saturated heterocycles. The molecule has 1 aromatic carbocycles. The maximum absolute atomic E-state index is 13.2. The topological polar surface area (TPSA) is 87.2 Å². The molecule has 31 heavy (non-hydrogen) atoms. The summed E-state index contributed by atoms with van der Waals surface area (Å²) in [5, 5.41) is 12.9. The molecule has 1 atom stereocenters. The molecule has 1 N–H and O–H groups in total. The molecule has 7 heteroatoms. The second-order valence-corrected chi connectivity index (χ2v) is 8.11. The molecule has 7 nitrogen and oxygen atoms in total. The molecule has 3 rings (SSSR count). The van der Waals surface area contributed by atoms with E-state index in [-0.39, 0.29) is 11.3 Å². The van der Waals surface area contributed by atoms with Crippen molar-refractivity contribution in [2.75, 3.05) is 33.8 Å². The fraction of sp³-hybridized carbons (Fsp3) is 0.417. The third kappa shape index (κ3) is 4.99. The molecule has 0 spiro atoms. The Bertz CT molecular complexity index is 976. The van der Waals surface area contributed by atoms with E-state index in [2.05, 4.69) is 0 Å². The molecule has 0 fully saturated rings. The molecule has 0 saturated carbocycles. The molecule has 1 aliphatic heterocycles. The monoisotopic (exact) mass is 426 g/mol. The van der Waals surface area contributed by atoms with E-state index in [0.29, 0.717) is 36.6 Å². The minimum Gasteiger partial charge on any atom is -0.868 e. The number of hydrogen-bond donors (Lipinski definition) is 1. The lowest BCUT2D eigenvalue weighted by molar-refractivity contribution is -0.858. The Hall–Kier alpha value is -3.06. The van der Waals surface area contributed by atoms with Gasteiger partial charge in [-0.05, 0) is 48.9 Å². The molecule has 1 aliphatic rings. The summed E-state index contributed by atoms with van der Waals surface area (Å²) in [5.41, 5.74) is 0.612. The van der Waals surface area contributed by atoms with Crippen molar-refractivity contribution in [1.29, 1.82) is 0 Å². The summed E-state index contributed by atoms with van der Waals surface area (Å²) in [4.78, 5) is 28.9. The van der Waals surface area contributed by atoms with E-state index in [1.54, 1.807) is 25.1 Å². The van der Waals surface area contributed by atoms with Crippen LogP contribution in [0.2, 0.25) is 0 Å². The Morgan fingerprint density at radius 1 is 1.26 bits per heavy atom. The van der Waals surface area contributed by atoms with E-state index < -0.39 is 23.5 Å². The second-order valence-electron chi connectivity index (χ2n) is 8.11. The molecule has 2 heterocycles. The number of hydrogen-bond acceptors (Lipinski definition) is 5. The maximum Gasteiger partial charge on any atom is 0.239 e. The van der Waals surface area contributed by atoms with Gasteiger partial charge >= 0.3 is 0 Å². The Morgan fingerprint density at radius 3 is 2.68 bits per heavy atom. The average Bonchev–Trinajstić information content (AvgIpc) is 3.28. The van der Waals surface area contributed by atoms with Crippen molar-refractivity contribution in [3.8, 4) is 5.75 Å². The molecule has 1 unspecified atom stereocenters. The normalized spacial score (nSPS) is 16.5. The van der Waals surface area contributed by atoms with Crippen LogP contribution in [0, 0.1) is 6.92 Å². The highest BCUT2D eigenvalue weighted by Crippen LogP contribution is 2.39. The minimum absolute atomic E-state index is 0.0656. The van der Waals surface area contributed by atoms with Gasteiger partial charge in [-0.2, -0.15) is 0 Å². The lowest BCUT2D eigenvalue weighted by Gasteiger charge is -2.28. The first-order chi connectivity index (χ1) is 14.8. The molecule has 1 amide bonds. The number of ether oxygens (including phenoxy) is 1. The van der Waals surface area contributed by atoms with Gasteiger partial charge in [0.1, 0.15) is 11.5 Å². The highest BCUT2D eigenvalue weighted by atomic mass is 16.5. The van der Waals surface area contributed by atoms with Crippen LogP contribution in [-0.2, 0) is 4.79 Å². The van der Waals surface area contributed by atoms with Crippen molar-refractivity contribution in [3.05, 3.63) is 64.8 Å². The second kappa shape index (κ2) is 9.83. The van der Waals surface area contributed by atoms with Gasteiger partial charge in [0.25, 0.3) is 0 Å². The summed E-state index contributed by atoms with van der Waals surface area (Å²) in [5.74, 6) is -0.678. The van der Waals surface area contributed by atoms with Gasteiger partial charge in [0.05, 0.1) is 33.3 Å². The first-order valence-corrected chi connectivity index (χ1v) is 10.7. The predicted molar refractivity (Wildman–Crippen MR) is 114 cm³/mol. The molecule has 0 aliphatic carbocycles. The van der Waals surface area contributed by atoms with E-state index in [4.69, 9.17) is 9.15 Å². The predicted octanol–water partition coefficient (Wildman–Crippen LogP) is 1.29. The van der Waals surface area contributed by atoms with Crippen molar-refractivity contribution in [2.45, 2.75) is 32.7 Å². The minimum atomic E-state index is -0.764. The van der Waals surface area contributed by atoms with Crippen LogP contribution in [0.1, 0.15) is 47.7 Å². The largest absolute Gasteiger partial charge is 0.868 e. The van der Waals surface area contributed by atoms with E-state index in [9.17, 15) is 14.7 Å². The van der Waals surface area contributed by atoms with Crippen LogP contribution in [-0.4, -0.2) is 50.4 Å². The summed E-state index contributed by atoms with van der Waals surface area (Å²) in [6.45, 7) is 5.52. The van der Waals surface area contributed by atoms with E-state index in [1.807, 2.05) is 39.2 Å². The third-order valence-electron chi connectivity index (χ3n) is 5.22. The summed E-state index contributed by atoms with van der Waals surface area (Å²) < 4.78 is 11.2. The average molecular weight is 427 g/mol. The molecule has 1 aromatic heterocycles. The molecule has 0 radical (unpaired) electrons. The number of amides is 1.